The first kappa shape index (κ1) is 13.0. The normalized spacial score (nSPS) is 41.7. The zero-order valence-corrected chi connectivity index (χ0v) is 10.2. The second kappa shape index (κ2) is 5.30. The smallest absolute Gasteiger partial charge is 0.139 e. The molecule has 1 saturated heterocycles. The second-order valence-electron chi connectivity index (χ2n) is 4.53. The van der Waals surface area contributed by atoms with Crippen molar-refractivity contribution < 1.29 is 14.2 Å². The summed E-state index contributed by atoms with van der Waals surface area (Å²) in [6.07, 6.45) is 0.103. The van der Waals surface area contributed by atoms with Gasteiger partial charge < -0.3 is 19.9 Å². The van der Waals surface area contributed by atoms with Crippen LogP contribution in [0.5, 0.6) is 0 Å². The predicted octanol–water partition coefficient (Wildman–Crippen LogP) is -0.782. The molecule has 1 rings (SSSR count). The summed E-state index contributed by atoms with van der Waals surface area (Å²) in [5, 5.41) is 0. The maximum Gasteiger partial charge on any atom is 0.139 e. The van der Waals surface area contributed by atoms with Crippen molar-refractivity contribution >= 4 is 7.85 Å². The Hall–Kier alpha value is -0.0951. The van der Waals surface area contributed by atoms with Gasteiger partial charge in [-0.05, 0) is 0 Å². The highest BCUT2D eigenvalue weighted by Gasteiger charge is 2.47. The van der Waals surface area contributed by atoms with Crippen LogP contribution in [0.25, 0.3) is 0 Å². The molecule has 0 aliphatic carbocycles. The number of hydrogen-bond donors (Lipinski definition) is 1. The highest BCUT2D eigenvalue weighted by atomic mass is 16.5. The maximum absolute atomic E-state index is 5.86. The fourth-order valence-electron chi connectivity index (χ4n) is 2.45. The average Bonchev–Trinajstić information content (AvgIpc) is 2.24. The highest BCUT2D eigenvalue weighted by Crippen LogP contribution is 2.36. The molecule has 1 heterocycles. The summed E-state index contributed by atoms with van der Waals surface area (Å²) < 4.78 is 16.6. The van der Waals surface area contributed by atoms with Gasteiger partial charge >= 0.3 is 0 Å². The Morgan fingerprint density at radius 1 is 1.53 bits per heavy atom. The van der Waals surface area contributed by atoms with Crippen LogP contribution in [0.1, 0.15) is 6.92 Å². The number of methoxy groups -OCH3 is 2. The van der Waals surface area contributed by atoms with E-state index >= 15 is 0 Å². The molecule has 0 amide bonds. The van der Waals surface area contributed by atoms with Crippen molar-refractivity contribution in [3.8, 4) is 0 Å². The van der Waals surface area contributed by atoms with Crippen molar-refractivity contribution in [1.82, 2.24) is 0 Å². The minimum absolute atomic E-state index is 0.103. The van der Waals surface area contributed by atoms with Crippen molar-refractivity contribution in [2.24, 2.45) is 17.1 Å². The first-order valence-electron chi connectivity index (χ1n) is 5.44. The Morgan fingerprint density at radius 2 is 2.20 bits per heavy atom. The lowest BCUT2D eigenvalue weighted by molar-refractivity contribution is -0.173. The van der Waals surface area contributed by atoms with Crippen LogP contribution in [0.4, 0.5) is 0 Å². The summed E-state index contributed by atoms with van der Waals surface area (Å²) in [6.45, 7) is 3.86. The van der Waals surface area contributed by atoms with Crippen molar-refractivity contribution in [2.75, 3.05) is 34.0 Å². The molecule has 1 aliphatic rings. The number of hydrogen-bond acceptors (Lipinski definition) is 4. The van der Waals surface area contributed by atoms with E-state index < -0.39 is 0 Å². The molecule has 2 N–H and O–H groups in total. The minimum atomic E-state index is -0.199. The van der Waals surface area contributed by atoms with Gasteiger partial charge in [-0.15, -0.1) is 0 Å². The molecule has 4 nitrogen and oxygen atoms in total. The highest BCUT2D eigenvalue weighted by molar-refractivity contribution is 6.11. The average molecular weight is 215 g/mol. The fraction of sp³-hybridized carbons (Fsp3) is 1.00. The van der Waals surface area contributed by atoms with Gasteiger partial charge in [-0.1, -0.05) is 6.92 Å². The first-order valence-corrected chi connectivity index (χ1v) is 5.44. The lowest BCUT2D eigenvalue weighted by atomic mass is 9.69. The third-order valence-electron chi connectivity index (χ3n) is 3.55. The van der Waals surface area contributed by atoms with E-state index in [1.54, 1.807) is 14.2 Å². The summed E-state index contributed by atoms with van der Waals surface area (Å²) in [7, 11) is 5.50. The summed E-state index contributed by atoms with van der Waals surface area (Å²) in [4.78, 5) is 0. The molecule has 15 heavy (non-hydrogen) atoms. The quantitative estimate of drug-likeness (QED) is 0.625. The van der Waals surface area contributed by atoms with E-state index in [1.165, 1.54) is 0 Å². The lowest BCUT2D eigenvalue weighted by Crippen LogP contribution is -2.59. The molecular weight excluding hydrogens is 193 g/mol. The van der Waals surface area contributed by atoms with Gasteiger partial charge in [-0.3, -0.25) is 0 Å². The van der Waals surface area contributed by atoms with Gasteiger partial charge in [0.1, 0.15) is 7.85 Å². The van der Waals surface area contributed by atoms with Crippen LogP contribution in [0.3, 0.4) is 0 Å². The Morgan fingerprint density at radius 3 is 2.67 bits per heavy atom. The van der Waals surface area contributed by atoms with E-state index in [0.29, 0.717) is 25.7 Å². The van der Waals surface area contributed by atoms with Crippen molar-refractivity contribution in [3.63, 3.8) is 0 Å². The minimum Gasteiger partial charge on any atom is -0.386 e. The number of ether oxygens (including phenoxy) is 3. The topological polar surface area (TPSA) is 53.7 Å². The van der Waals surface area contributed by atoms with Crippen LogP contribution >= 0.6 is 0 Å². The Labute approximate surface area is 92.9 Å². The molecular formula is C10H22BNO3. The molecule has 0 saturated carbocycles. The first-order chi connectivity index (χ1) is 7.11. The van der Waals surface area contributed by atoms with Gasteiger partial charge in [0.15, 0.2) is 0 Å². The summed E-state index contributed by atoms with van der Waals surface area (Å²) in [6, 6.07) is 0.214. The molecule has 0 aromatic carbocycles. The fourth-order valence-corrected chi connectivity index (χ4v) is 2.45. The molecule has 2 unspecified atom stereocenters. The van der Waals surface area contributed by atoms with Crippen LogP contribution in [0.2, 0.25) is 0 Å². The Balaban J connectivity index is 2.84. The van der Waals surface area contributed by atoms with Crippen LogP contribution in [0, 0.1) is 11.3 Å². The van der Waals surface area contributed by atoms with E-state index in [0.717, 1.165) is 0 Å². The third-order valence-corrected chi connectivity index (χ3v) is 3.55. The monoisotopic (exact) mass is 215 g/mol. The second-order valence-corrected chi connectivity index (χ2v) is 4.53. The zero-order valence-electron chi connectivity index (χ0n) is 10.2. The Kier molecular flexibility index (Phi) is 4.58. The van der Waals surface area contributed by atoms with Crippen LogP contribution in [0.15, 0.2) is 0 Å². The van der Waals surface area contributed by atoms with Crippen LogP contribution in [-0.2, 0) is 14.2 Å². The number of rotatable bonds is 4. The van der Waals surface area contributed by atoms with Gasteiger partial charge in [0.2, 0.25) is 0 Å². The van der Waals surface area contributed by atoms with E-state index in [2.05, 4.69) is 14.8 Å². The van der Waals surface area contributed by atoms with E-state index in [-0.39, 0.29) is 17.5 Å². The number of nitrogens with two attached hydrogens (primary N) is 1. The maximum atomic E-state index is 5.86. The van der Waals surface area contributed by atoms with Crippen molar-refractivity contribution in [1.29, 1.82) is 0 Å². The van der Waals surface area contributed by atoms with E-state index in [4.69, 9.17) is 19.9 Å². The largest absolute Gasteiger partial charge is 0.386 e. The molecule has 5 heteroatoms. The third kappa shape index (κ3) is 2.36. The molecule has 4 atom stereocenters. The summed E-state index contributed by atoms with van der Waals surface area (Å²) in [5.74, 6) is 0.336. The lowest BCUT2D eigenvalue weighted by Gasteiger charge is -2.47. The molecule has 1 fully saturated rings. The standard InChI is InChI=1S/C10H22BNO3/c1-7-8(14-3)10(4-12,5-13-2)6-15-9(7)11/h7-9H,4-6,11-12H2,1-3H3/t7?,8?,9-,10+/m1/s1. The Bertz CT molecular complexity index is 205. The van der Waals surface area contributed by atoms with Crippen LogP contribution < -0.4 is 5.73 Å². The van der Waals surface area contributed by atoms with Gasteiger partial charge in [0.05, 0.1) is 24.7 Å². The van der Waals surface area contributed by atoms with Gasteiger partial charge in [-0.25, -0.2) is 0 Å². The van der Waals surface area contributed by atoms with Gasteiger partial charge in [-0.2, -0.15) is 0 Å². The SMILES string of the molecule is B[C@@H]1OC[C@](CN)(COC)C(OC)C1C. The molecule has 0 bridgehead atoms. The van der Waals surface area contributed by atoms with Gasteiger partial charge in [0, 0.05) is 32.7 Å². The molecule has 0 aromatic rings. The molecule has 1 aliphatic heterocycles. The van der Waals surface area contributed by atoms with Crippen LogP contribution in [-0.4, -0.2) is 53.9 Å². The van der Waals surface area contributed by atoms with Crippen molar-refractivity contribution in [3.05, 3.63) is 0 Å². The summed E-state index contributed by atoms with van der Waals surface area (Å²) in [5.41, 5.74) is 5.66. The van der Waals surface area contributed by atoms with Gasteiger partial charge in [0.25, 0.3) is 0 Å². The molecule has 0 spiro atoms. The summed E-state index contributed by atoms with van der Waals surface area (Å²) >= 11 is 0. The molecule has 0 radical (unpaired) electrons. The zero-order chi connectivity index (χ0) is 11.5. The van der Waals surface area contributed by atoms with E-state index in [1.807, 2.05) is 0 Å². The molecule has 0 aromatic heterocycles. The molecule has 88 valence electrons. The van der Waals surface area contributed by atoms with Crippen molar-refractivity contribution in [2.45, 2.75) is 19.0 Å². The van der Waals surface area contributed by atoms with E-state index in [9.17, 15) is 0 Å². The predicted molar refractivity (Wildman–Crippen MR) is 61.6 cm³/mol.